The summed E-state index contributed by atoms with van der Waals surface area (Å²) in [6, 6.07) is 2.03. The van der Waals surface area contributed by atoms with Crippen molar-refractivity contribution in [2.24, 2.45) is 0 Å². The van der Waals surface area contributed by atoms with Crippen molar-refractivity contribution < 1.29 is 4.79 Å². The van der Waals surface area contributed by atoms with Gasteiger partial charge in [-0.3, -0.25) is 9.89 Å². The number of H-pyrrole nitrogens is 1. The van der Waals surface area contributed by atoms with Gasteiger partial charge in [0, 0.05) is 24.8 Å². The van der Waals surface area contributed by atoms with Crippen LogP contribution in [0.3, 0.4) is 0 Å². The number of rotatable bonds is 5. The minimum atomic E-state index is -0.261. The summed E-state index contributed by atoms with van der Waals surface area (Å²) in [5.74, 6) is -0.261. The minimum absolute atomic E-state index is 0.221. The SMILES string of the molecule is CCNC(=O)c1sc(NCc2cn[nH]c2)c(C#N)c1N. The highest BCUT2D eigenvalue weighted by atomic mass is 32.1. The molecule has 0 aliphatic heterocycles. The molecule has 0 aliphatic carbocycles. The van der Waals surface area contributed by atoms with Crippen molar-refractivity contribution in [2.75, 3.05) is 17.6 Å². The van der Waals surface area contributed by atoms with E-state index in [1.807, 2.05) is 13.0 Å². The predicted molar refractivity (Wildman–Crippen MR) is 77.4 cm³/mol. The fraction of sp³-hybridized carbons (Fsp3) is 0.250. The number of amides is 1. The largest absolute Gasteiger partial charge is 0.396 e. The van der Waals surface area contributed by atoms with Gasteiger partial charge < -0.3 is 16.4 Å². The molecule has 0 atom stereocenters. The maximum absolute atomic E-state index is 11.8. The molecular formula is C12H14N6OS. The lowest BCUT2D eigenvalue weighted by Gasteiger charge is -2.01. The number of nitrogens with one attached hydrogen (secondary N) is 3. The van der Waals surface area contributed by atoms with Crippen LogP contribution in [0, 0.1) is 11.3 Å². The van der Waals surface area contributed by atoms with Gasteiger partial charge in [0.15, 0.2) is 0 Å². The smallest absolute Gasteiger partial charge is 0.263 e. The van der Waals surface area contributed by atoms with Crippen molar-refractivity contribution in [2.45, 2.75) is 13.5 Å². The molecular weight excluding hydrogens is 276 g/mol. The third kappa shape index (κ3) is 2.73. The number of hydrogen-bond donors (Lipinski definition) is 4. The zero-order valence-corrected chi connectivity index (χ0v) is 11.7. The highest BCUT2D eigenvalue weighted by molar-refractivity contribution is 7.18. The summed E-state index contributed by atoms with van der Waals surface area (Å²) >= 11 is 1.18. The summed E-state index contributed by atoms with van der Waals surface area (Å²) in [6.07, 6.45) is 3.43. The maximum atomic E-state index is 11.8. The summed E-state index contributed by atoms with van der Waals surface area (Å²) in [5.41, 5.74) is 7.33. The van der Waals surface area contributed by atoms with Crippen molar-refractivity contribution in [3.63, 3.8) is 0 Å². The number of nitriles is 1. The molecule has 5 N–H and O–H groups in total. The van der Waals surface area contributed by atoms with Crippen molar-refractivity contribution in [1.82, 2.24) is 15.5 Å². The first-order chi connectivity index (χ1) is 9.67. The molecule has 1 amide bonds. The Hall–Kier alpha value is -2.53. The Kier molecular flexibility index (Phi) is 4.22. The predicted octanol–water partition coefficient (Wildman–Crippen LogP) is 1.29. The molecule has 0 radical (unpaired) electrons. The lowest BCUT2D eigenvalue weighted by Crippen LogP contribution is -2.22. The summed E-state index contributed by atoms with van der Waals surface area (Å²) < 4.78 is 0. The number of nitrogens with two attached hydrogens (primary N) is 1. The van der Waals surface area contributed by atoms with E-state index in [0.29, 0.717) is 28.5 Å². The zero-order valence-electron chi connectivity index (χ0n) is 10.9. The molecule has 8 heteroatoms. The van der Waals surface area contributed by atoms with E-state index in [1.165, 1.54) is 11.3 Å². The number of nitrogens with zero attached hydrogens (tertiary/aromatic N) is 2. The fourth-order valence-corrected chi connectivity index (χ4v) is 2.63. The van der Waals surface area contributed by atoms with E-state index in [9.17, 15) is 4.79 Å². The summed E-state index contributed by atoms with van der Waals surface area (Å²) in [5, 5.41) is 22.1. The number of aromatic nitrogens is 2. The lowest BCUT2D eigenvalue weighted by atomic mass is 10.2. The first-order valence-corrected chi connectivity index (χ1v) is 6.81. The highest BCUT2D eigenvalue weighted by Gasteiger charge is 2.20. The van der Waals surface area contributed by atoms with Crippen molar-refractivity contribution in [1.29, 1.82) is 5.26 Å². The average molecular weight is 290 g/mol. The molecule has 20 heavy (non-hydrogen) atoms. The third-order valence-electron chi connectivity index (χ3n) is 2.61. The standard InChI is InChI=1S/C12H14N6OS/c1-2-15-11(19)10-9(14)8(3-13)12(20-10)16-4-7-5-17-18-6-7/h5-6,16H,2,4,14H2,1H3,(H,15,19)(H,17,18). The molecule has 2 aromatic heterocycles. The first kappa shape index (κ1) is 13.9. The Morgan fingerprint density at radius 1 is 1.65 bits per heavy atom. The number of hydrogen-bond acceptors (Lipinski definition) is 6. The van der Waals surface area contributed by atoms with E-state index in [0.717, 1.165) is 5.56 Å². The number of nitrogen functional groups attached to an aromatic ring is 1. The molecule has 0 saturated carbocycles. The second kappa shape index (κ2) is 6.08. The van der Waals surface area contributed by atoms with Gasteiger partial charge in [-0.15, -0.1) is 11.3 Å². The van der Waals surface area contributed by atoms with Crippen LogP contribution in [0.1, 0.15) is 27.7 Å². The van der Waals surface area contributed by atoms with Crippen LogP contribution in [0.2, 0.25) is 0 Å². The molecule has 7 nitrogen and oxygen atoms in total. The van der Waals surface area contributed by atoms with Gasteiger partial charge in [-0.2, -0.15) is 10.4 Å². The number of thiophene rings is 1. The van der Waals surface area contributed by atoms with Gasteiger partial charge in [-0.05, 0) is 6.92 Å². The van der Waals surface area contributed by atoms with Gasteiger partial charge in [0.05, 0.1) is 11.9 Å². The van der Waals surface area contributed by atoms with E-state index in [-0.39, 0.29) is 11.6 Å². The topological polar surface area (TPSA) is 120 Å². The van der Waals surface area contributed by atoms with Crippen molar-refractivity contribution >= 4 is 27.9 Å². The van der Waals surface area contributed by atoms with E-state index < -0.39 is 0 Å². The normalized spacial score (nSPS) is 10.0. The van der Waals surface area contributed by atoms with Gasteiger partial charge in [-0.25, -0.2) is 0 Å². The second-order valence-corrected chi connectivity index (χ2v) is 5.00. The van der Waals surface area contributed by atoms with Crippen LogP contribution in [0.4, 0.5) is 10.7 Å². The van der Waals surface area contributed by atoms with Crippen LogP contribution in [0.5, 0.6) is 0 Å². The lowest BCUT2D eigenvalue weighted by molar-refractivity contribution is 0.0960. The minimum Gasteiger partial charge on any atom is -0.396 e. The third-order valence-corrected chi connectivity index (χ3v) is 3.77. The van der Waals surface area contributed by atoms with Crippen LogP contribution < -0.4 is 16.4 Å². The van der Waals surface area contributed by atoms with Crippen LogP contribution in [0.25, 0.3) is 0 Å². The van der Waals surface area contributed by atoms with E-state index in [1.54, 1.807) is 12.4 Å². The van der Waals surface area contributed by atoms with Gasteiger partial charge in [0.1, 0.15) is 21.5 Å². The van der Waals surface area contributed by atoms with Gasteiger partial charge in [0.25, 0.3) is 5.91 Å². The molecule has 2 heterocycles. The van der Waals surface area contributed by atoms with Crippen LogP contribution in [-0.4, -0.2) is 22.6 Å². The quantitative estimate of drug-likeness (QED) is 0.661. The summed E-state index contributed by atoms with van der Waals surface area (Å²) in [6.45, 7) is 2.83. The fourth-order valence-electron chi connectivity index (χ4n) is 1.65. The van der Waals surface area contributed by atoms with Gasteiger partial charge in [-0.1, -0.05) is 0 Å². The van der Waals surface area contributed by atoms with Crippen LogP contribution in [0.15, 0.2) is 12.4 Å². The Balaban J connectivity index is 2.22. The Morgan fingerprint density at radius 2 is 2.45 bits per heavy atom. The summed E-state index contributed by atoms with van der Waals surface area (Å²) in [7, 11) is 0. The van der Waals surface area contributed by atoms with Gasteiger partial charge >= 0.3 is 0 Å². The first-order valence-electron chi connectivity index (χ1n) is 5.99. The molecule has 2 rings (SSSR count). The van der Waals surface area contributed by atoms with Crippen molar-refractivity contribution in [3.8, 4) is 6.07 Å². The number of carbonyl (C=O) groups is 1. The van der Waals surface area contributed by atoms with E-state index in [4.69, 9.17) is 11.0 Å². The maximum Gasteiger partial charge on any atom is 0.263 e. The van der Waals surface area contributed by atoms with Crippen LogP contribution >= 0.6 is 11.3 Å². The number of aromatic amines is 1. The molecule has 104 valence electrons. The average Bonchev–Trinajstić information content (AvgIpc) is 3.04. The molecule has 0 unspecified atom stereocenters. The monoisotopic (exact) mass is 290 g/mol. The summed E-state index contributed by atoms with van der Waals surface area (Å²) in [4.78, 5) is 12.2. The highest BCUT2D eigenvalue weighted by Crippen LogP contribution is 2.35. The molecule has 0 saturated heterocycles. The molecule has 0 bridgehead atoms. The van der Waals surface area contributed by atoms with Crippen molar-refractivity contribution in [3.05, 3.63) is 28.4 Å². The van der Waals surface area contributed by atoms with E-state index in [2.05, 4.69) is 20.8 Å². The Morgan fingerprint density at radius 3 is 3.05 bits per heavy atom. The number of carbonyl (C=O) groups excluding carboxylic acids is 1. The molecule has 0 fully saturated rings. The molecule has 0 aliphatic rings. The van der Waals surface area contributed by atoms with Gasteiger partial charge in [0.2, 0.25) is 0 Å². The molecule has 2 aromatic rings. The van der Waals surface area contributed by atoms with E-state index >= 15 is 0 Å². The zero-order chi connectivity index (χ0) is 14.5. The Labute approximate surface area is 119 Å². The number of anilines is 2. The molecule has 0 aromatic carbocycles. The second-order valence-electron chi connectivity index (χ2n) is 3.98. The Bertz CT molecular complexity index is 640. The van der Waals surface area contributed by atoms with Crippen LogP contribution in [-0.2, 0) is 6.54 Å². The molecule has 0 spiro atoms.